The highest BCUT2D eigenvalue weighted by atomic mass is 16.4. The van der Waals surface area contributed by atoms with Crippen LogP contribution in [0.1, 0.15) is 11.6 Å². The molecule has 0 aromatic heterocycles. The quantitative estimate of drug-likeness (QED) is 0.693. The van der Waals surface area contributed by atoms with Crippen molar-refractivity contribution in [1.82, 2.24) is 10.6 Å². The highest BCUT2D eigenvalue weighted by Crippen LogP contribution is 2.14. The Morgan fingerprint density at radius 1 is 1.29 bits per heavy atom. The zero-order valence-corrected chi connectivity index (χ0v) is 9.22. The van der Waals surface area contributed by atoms with Crippen molar-refractivity contribution >= 4 is 11.9 Å². The number of carbonyl (C=O) groups is 2. The summed E-state index contributed by atoms with van der Waals surface area (Å²) >= 11 is 0. The van der Waals surface area contributed by atoms with E-state index in [1.807, 2.05) is 0 Å². The topological polar surface area (TPSA) is 78.4 Å². The molecule has 0 spiro atoms. The fourth-order valence-electron chi connectivity index (χ4n) is 1.67. The Balaban J connectivity index is 2.07. The molecule has 1 atom stereocenters. The molecular weight excluding hydrogens is 220 g/mol. The molecule has 1 aliphatic heterocycles. The molecular formula is C12H14N2O3. The maximum atomic E-state index is 11.7. The number of rotatable bonds is 4. The van der Waals surface area contributed by atoms with Gasteiger partial charge in [0, 0.05) is 13.1 Å². The van der Waals surface area contributed by atoms with Crippen molar-refractivity contribution in [2.45, 2.75) is 6.04 Å². The monoisotopic (exact) mass is 234 g/mol. The molecule has 1 saturated heterocycles. The number of benzene rings is 1. The first-order chi connectivity index (χ1) is 8.18. The van der Waals surface area contributed by atoms with Gasteiger partial charge in [0.1, 0.15) is 0 Å². The van der Waals surface area contributed by atoms with Crippen LogP contribution in [-0.4, -0.2) is 30.1 Å². The average Bonchev–Trinajstić information content (AvgIpc) is 2.24. The standard InChI is InChI=1S/C12H14N2O3/c15-11(9-6-13-7-9)14-10(12(16)17)8-4-2-1-3-5-8/h1-5,9-10,13H,6-7H2,(H,14,15)(H,16,17)/t10-/m1/s1. The third kappa shape index (κ3) is 2.62. The van der Waals surface area contributed by atoms with Gasteiger partial charge in [0.2, 0.25) is 5.91 Å². The van der Waals surface area contributed by atoms with E-state index in [1.165, 1.54) is 0 Å². The predicted molar refractivity (Wildman–Crippen MR) is 61.3 cm³/mol. The van der Waals surface area contributed by atoms with Crippen LogP contribution in [-0.2, 0) is 9.59 Å². The van der Waals surface area contributed by atoms with Crippen molar-refractivity contribution in [3.8, 4) is 0 Å². The van der Waals surface area contributed by atoms with Crippen LogP contribution < -0.4 is 10.6 Å². The number of nitrogens with one attached hydrogen (secondary N) is 2. The van der Waals surface area contributed by atoms with Gasteiger partial charge in [-0.15, -0.1) is 0 Å². The average molecular weight is 234 g/mol. The number of carboxylic acids is 1. The lowest BCUT2D eigenvalue weighted by atomic mass is 10.0. The largest absolute Gasteiger partial charge is 0.479 e. The lowest BCUT2D eigenvalue weighted by molar-refractivity contribution is -0.143. The van der Waals surface area contributed by atoms with E-state index < -0.39 is 12.0 Å². The summed E-state index contributed by atoms with van der Waals surface area (Å²) in [6, 6.07) is 7.73. The van der Waals surface area contributed by atoms with Gasteiger partial charge in [0.05, 0.1) is 5.92 Å². The van der Waals surface area contributed by atoms with Crippen LogP contribution in [0.3, 0.4) is 0 Å². The molecule has 0 saturated carbocycles. The van der Waals surface area contributed by atoms with Crippen LogP contribution in [0.25, 0.3) is 0 Å². The molecule has 1 heterocycles. The summed E-state index contributed by atoms with van der Waals surface area (Å²) in [7, 11) is 0. The van der Waals surface area contributed by atoms with Gasteiger partial charge in [0.15, 0.2) is 6.04 Å². The first kappa shape index (κ1) is 11.6. The first-order valence-corrected chi connectivity index (χ1v) is 5.47. The molecule has 90 valence electrons. The third-order valence-corrected chi connectivity index (χ3v) is 2.82. The van der Waals surface area contributed by atoms with Gasteiger partial charge < -0.3 is 15.7 Å². The Bertz CT molecular complexity index is 415. The van der Waals surface area contributed by atoms with Crippen molar-refractivity contribution in [1.29, 1.82) is 0 Å². The van der Waals surface area contributed by atoms with Crippen LogP contribution in [0.4, 0.5) is 0 Å². The van der Waals surface area contributed by atoms with E-state index in [4.69, 9.17) is 5.11 Å². The SMILES string of the molecule is O=C(N[C@@H](C(=O)O)c1ccccc1)C1CNC1. The molecule has 0 unspecified atom stereocenters. The second-order valence-corrected chi connectivity index (χ2v) is 4.05. The second-order valence-electron chi connectivity index (χ2n) is 4.05. The molecule has 1 aromatic carbocycles. The number of aliphatic carboxylic acids is 1. The van der Waals surface area contributed by atoms with E-state index in [2.05, 4.69) is 10.6 Å². The van der Waals surface area contributed by atoms with Crippen LogP contribution >= 0.6 is 0 Å². The van der Waals surface area contributed by atoms with E-state index >= 15 is 0 Å². The normalized spacial score (nSPS) is 16.9. The van der Waals surface area contributed by atoms with E-state index in [0.29, 0.717) is 18.7 Å². The Kier molecular flexibility index (Phi) is 3.39. The smallest absolute Gasteiger partial charge is 0.330 e. The Morgan fingerprint density at radius 2 is 1.94 bits per heavy atom. The van der Waals surface area contributed by atoms with Gasteiger partial charge in [-0.1, -0.05) is 30.3 Å². The minimum Gasteiger partial charge on any atom is -0.479 e. The van der Waals surface area contributed by atoms with Gasteiger partial charge in [-0.05, 0) is 5.56 Å². The summed E-state index contributed by atoms with van der Waals surface area (Å²) in [5.74, 6) is -1.36. The highest BCUT2D eigenvalue weighted by molar-refractivity contribution is 5.86. The number of carbonyl (C=O) groups excluding carboxylic acids is 1. The molecule has 17 heavy (non-hydrogen) atoms. The summed E-state index contributed by atoms with van der Waals surface area (Å²) < 4.78 is 0. The second kappa shape index (κ2) is 4.97. The van der Waals surface area contributed by atoms with Crippen molar-refractivity contribution in [2.24, 2.45) is 5.92 Å². The lowest BCUT2D eigenvalue weighted by Gasteiger charge is -2.27. The van der Waals surface area contributed by atoms with Crippen LogP contribution in [0.2, 0.25) is 0 Å². The fourth-order valence-corrected chi connectivity index (χ4v) is 1.67. The summed E-state index contributed by atoms with van der Waals surface area (Å²) in [4.78, 5) is 22.8. The van der Waals surface area contributed by atoms with Crippen molar-refractivity contribution in [3.05, 3.63) is 35.9 Å². The van der Waals surface area contributed by atoms with Crippen LogP contribution in [0.5, 0.6) is 0 Å². The Hall–Kier alpha value is -1.88. The van der Waals surface area contributed by atoms with E-state index in [0.717, 1.165) is 0 Å². The minimum absolute atomic E-state index is 0.111. The highest BCUT2D eigenvalue weighted by Gasteiger charge is 2.29. The number of amides is 1. The number of carboxylic acid groups (broad SMARTS) is 1. The molecule has 1 aliphatic rings. The zero-order valence-electron chi connectivity index (χ0n) is 9.22. The lowest BCUT2D eigenvalue weighted by Crippen LogP contribution is -2.52. The van der Waals surface area contributed by atoms with Crippen LogP contribution in [0.15, 0.2) is 30.3 Å². The zero-order chi connectivity index (χ0) is 12.3. The molecule has 0 bridgehead atoms. The summed E-state index contributed by atoms with van der Waals surface area (Å²) in [6.07, 6.45) is 0. The van der Waals surface area contributed by atoms with Gasteiger partial charge >= 0.3 is 5.97 Å². The van der Waals surface area contributed by atoms with Crippen molar-refractivity contribution < 1.29 is 14.7 Å². The summed E-state index contributed by atoms with van der Waals surface area (Å²) in [6.45, 7) is 1.24. The Labute approximate surface area is 98.8 Å². The van der Waals surface area contributed by atoms with Crippen molar-refractivity contribution in [3.63, 3.8) is 0 Å². The number of hydrogen-bond acceptors (Lipinski definition) is 3. The molecule has 3 N–H and O–H groups in total. The molecule has 0 aliphatic carbocycles. The molecule has 5 heteroatoms. The molecule has 0 radical (unpaired) electrons. The maximum Gasteiger partial charge on any atom is 0.330 e. The fraction of sp³-hybridized carbons (Fsp3) is 0.333. The van der Waals surface area contributed by atoms with E-state index in [-0.39, 0.29) is 11.8 Å². The summed E-state index contributed by atoms with van der Waals surface area (Å²) in [5, 5.41) is 14.7. The Morgan fingerprint density at radius 3 is 2.41 bits per heavy atom. The molecule has 1 aromatic rings. The van der Waals surface area contributed by atoms with Crippen LogP contribution in [0, 0.1) is 5.92 Å². The summed E-state index contributed by atoms with van der Waals surface area (Å²) in [5.41, 5.74) is 0.584. The molecule has 1 fully saturated rings. The van der Waals surface area contributed by atoms with Gasteiger partial charge in [-0.2, -0.15) is 0 Å². The van der Waals surface area contributed by atoms with E-state index in [1.54, 1.807) is 30.3 Å². The molecule has 5 nitrogen and oxygen atoms in total. The van der Waals surface area contributed by atoms with Gasteiger partial charge in [0.25, 0.3) is 0 Å². The predicted octanol–water partition coefficient (Wildman–Crippen LogP) is 0.148. The van der Waals surface area contributed by atoms with E-state index in [9.17, 15) is 9.59 Å². The first-order valence-electron chi connectivity index (χ1n) is 5.47. The molecule has 1 amide bonds. The van der Waals surface area contributed by atoms with Crippen molar-refractivity contribution in [2.75, 3.05) is 13.1 Å². The number of hydrogen-bond donors (Lipinski definition) is 3. The minimum atomic E-state index is -1.04. The molecule has 2 rings (SSSR count). The maximum absolute atomic E-state index is 11.7. The van der Waals surface area contributed by atoms with Gasteiger partial charge in [-0.25, -0.2) is 4.79 Å². The van der Waals surface area contributed by atoms with Gasteiger partial charge in [-0.3, -0.25) is 4.79 Å². The third-order valence-electron chi connectivity index (χ3n) is 2.82.